The molecular weight excluding hydrogens is 232 g/mol. The molecule has 0 aromatic heterocycles. The highest BCUT2D eigenvalue weighted by Crippen LogP contribution is 2.14. The summed E-state index contributed by atoms with van der Waals surface area (Å²) in [6.07, 6.45) is 3.92. The molecule has 1 saturated heterocycles. The average molecular weight is 260 g/mol. The van der Waals surface area contributed by atoms with Gasteiger partial charge in [-0.25, -0.2) is 0 Å². The van der Waals surface area contributed by atoms with Gasteiger partial charge in [-0.1, -0.05) is 29.8 Å². The Morgan fingerprint density at radius 3 is 2.58 bits per heavy atom. The molecular formula is C17H28N2. The molecule has 1 aromatic rings. The van der Waals surface area contributed by atoms with Gasteiger partial charge in [0.1, 0.15) is 0 Å². The Labute approximate surface area is 118 Å². The van der Waals surface area contributed by atoms with E-state index in [-0.39, 0.29) is 0 Å². The van der Waals surface area contributed by atoms with Gasteiger partial charge in [-0.3, -0.25) is 0 Å². The topological polar surface area (TPSA) is 15.3 Å². The maximum absolute atomic E-state index is 3.73. The second-order valence-corrected chi connectivity index (χ2v) is 6.12. The van der Waals surface area contributed by atoms with Crippen molar-refractivity contribution >= 4 is 0 Å². The third kappa shape index (κ3) is 4.63. The van der Waals surface area contributed by atoms with Crippen LogP contribution in [0.1, 0.15) is 44.2 Å². The molecule has 1 aliphatic heterocycles. The van der Waals surface area contributed by atoms with Crippen molar-refractivity contribution < 1.29 is 0 Å². The zero-order valence-corrected chi connectivity index (χ0v) is 12.7. The molecule has 1 heterocycles. The van der Waals surface area contributed by atoms with Gasteiger partial charge in [0, 0.05) is 18.6 Å². The van der Waals surface area contributed by atoms with E-state index in [1.165, 1.54) is 43.5 Å². The zero-order chi connectivity index (χ0) is 13.7. The summed E-state index contributed by atoms with van der Waals surface area (Å²) in [6, 6.07) is 10.2. The number of hydrogen-bond donors (Lipinski definition) is 1. The molecule has 2 heteroatoms. The first-order valence-electron chi connectivity index (χ1n) is 7.68. The van der Waals surface area contributed by atoms with E-state index in [2.05, 4.69) is 55.3 Å². The van der Waals surface area contributed by atoms with Crippen LogP contribution in [0.5, 0.6) is 0 Å². The van der Waals surface area contributed by atoms with Crippen LogP contribution in [0, 0.1) is 6.92 Å². The standard InChI is InChI=1S/C17H28N2/c1-14(2)19-11-4-5-17(10-12-19)18-13-16-8-6-15(3)7-9-16/h6-9,14,17-18H,4-5,10-13H2,1-3H3. The quantitative estimate of drug-likeness (QED) is 0.893. The van der Waals surface area contributed by atoms with Crippen molar-refractivity contribution in [3.63, 3.8) is 0 Å². The van der Waals surface area contributed by atoms with E-state index in [1.54, 1.807) is 0 Å². The molecule has 0 aliphatic carbocycles. The SMILES string of the molecule is Cc1ccc(CNC2CCCN(C(C)C)CC2)cc1. The lowest BCUT2D eigenvalue weighted by Gasteiger charge is -2.24. The molecule has 0 amide bonds. The van der Waals surface area contributed by atoms with E-state index >= 15 is 0 Å². The first-order chi connectivity index (χ1) is 9.15. The summed E-state index contributed by atoms with van der Waals surface area (Å²) in [6.45, 7) is 10.3. The second kappa shape index (κ2) is 7.06. The third-order valence-corrected chi connectivity index (χ3v) is 4.21. The van der Waals surface area contributed by atoms with Crippen LogP contribution in [0.3, 0.4) is 0 Å². The summed E-state index contributed by atoms with van der Waals surface area (Å²) in [4.78, 5) is 2.60. The molecule has 19 heavy (non-hydrogen) atoms. The summed E-state index contributed by atoms with van der Waals surface area (Å²) in [5.41, 5.74) is 2.74. The molecule has 0 spiro atoms. The summed E-state index contributed by atoms with van der Waals surface area (Å²) in [7, 11) is 0. The number of benzene rings is 1. The highest BCUT2D eigenvalue weighted by atomic mass is 15.1. The van der Waals surface area contributed by atoms with Crippen molar-refractivity contribution in [3.05, 3.63) is 35.4 Å². The maximum Gasteiger partial charge on any atom is 0.0208 e. The fraction of sp³-hybridized carbons (Fsp3) is 0.647. The molecule has 1 N–H and O–H groups in total. The summed E-state index contributed by atoms with van der Waals surface area (Å²) >= 11 is 0. The van der Waals surface area contributed by atoms with E-state index in [0.717, 1.165) is 6.54 Å². The molecule has 0 radical (unpaired) electrons. The lowest BCUT2D eigenvalue weighted by atomic mass is 10.1. The van der Waals surface area contributed by atoms with Crippen molar-refractivity contribution in [2.24, 2.45) is 0 Å². The van der Waals surface area contributed by atoms with Crippen molar-refractivity contribution in [3.8, 4) is 0 Å². The second-order valence-electron chi connectivity index (χ2n) is 6.12. The van der Waals surface area contributed by atoms with Crippen LogP contribution in [0.25, 0.3) is 0 Å². The molecule has 1 aliphatic rings. The van der Waals surface area contributed by atoms with Crippen molar-refractivity contribution in [1.29, 1.82) is 0 Å². The fourth-order valence-corrected chi connectivity index (χ4v) is 2.81. The Morgan fingerprint density at radius 1 is 1.16 bits per heavy atom. The van der Waals surface area contributed by atoms with Crippen LogP contribution in [0.4, 0.5) is 0 Å². The van der Waals surface area contributed by atoms with Gasteiger partial charge in [-0.2, -0.15) is 0 Å². The zero-order valence-electron chi connectivity index (χ0n) is 12.7. The predicted octanol–water partition coefficient (Wildman–Crippen LogP) is 3.35. The normalized spacial score (nSPS) is 21.6. The molecule has 2 rings (SSSR count). The lowest BCUT2D eigenvalue weighted by molar-refractivity contribution is 0.229. The Hall–Kier alpha value is -0.860. The van der Waals surface area contributed by atoms with E-state index in [0.29, 0.717) is 12.1 Å². The van der Waals surface area contributed by atoms with Crippen molar-refractivity contribution in [1.82, 2.24) is 10.2 Å². The summed E-state index contributed by atoms with van der Waals surface area (Å²) < 4.78 is 0. The van der Waals surface area contributed by atoms with E-state index in [9.17, 15) is 0 Å². The van der Waals surface area contributed by atoms with Gasteiger partial charge < -0.3 is 10.2 Å². The first kappa shape index (κ1) is 14.5. The molecule has 0 bridgehead atoms. The molecule has 1 atom stereocenters. The predicted molar refractivity (Wildman–Crippen MR) is 82.4 cm³/mol. The van der Waals surface area contributed by atoms with Gasteiger partial charge in [0.15, 0.2) is 0 Å². The number of aryl methyl sites for hydroxylation is 1. The number of rotatable bonds is 4. The minimum atomic E-state index is 0.685. The molecule has 0 saturated carbocycles. The van der Waals surface area contributed by atoms with Crippen LogP contribution >= 0.6 is 0 Å². The highest BCUT2D eigenvalue weighted by molar-refractivity contribution is 5.21. The molecule has 1 fully saturated rings. The van der Waals surface area contributed by atoms with Crippen LogP contribution in [-0.2, 0) is 6.54 Å². The molecule has 1 unspecified atom stereocenters. The van der Waals surface area contributed by atoms with Crippen LogP contribution in [0.15, 0.2) is 24.3 Å². The number of hydrogen-bond acceptors (Lipinski definition) is 2. The monoisotopic (exact) mass is 260 g/mol. The Kier molecular flexibility index (Phi) is 5.41. The van der Waals surface area contributed by atoms with Crippen LogP contribution < -0.4 is 5.32 Å². The van der Waals surface area contributed by atoms with Gasteiger partial charge in [0.2, 0.25) is 0 Å². The van der Waals surface area contributed by atoms with Crippen LogP contribution in [-0.4, -0.2) is 30.1 Å². The van der Waals surface area contributed by atoms with Gasteiger partial charge in [0.05, 0.1) is 0 Å². The largest absolute Gasteiger partial charge is 0.310 e. The third-order valence-electron chi connectivity index (χ3n) is 4.21. The lowest BCUT2D eigenvalue weighted by Crippen LogP contribution is -2.33. The number of likely N-dealkylation sites (tertiary alicyclic amines) is 1. The number of nitrogens with zero attached hydrogens (tertiary/aromatic N) is 1. The minimum Gasteiger partial charge on any atom is -0.310 e. The minimum absolute atomic E-state index is 0.685. The first-order valence-corrected chi connectivity index (χ1v) is 7.68. The Morgan fingerprint density at radius 2 is 1.89 bits per heavy atom. The molecule has 2 nitrogen and oxygen atoms in total. The summed E-state index contributed by atoms with van der Waals surface area (Å²) in [5.74, 6) is 0. The van der Waals surface area contributed by atoms with E-state index in [1.807, 2.05) is 0 Å². The Balaban J connectivity index is 1.78. The van der Waals surface area contributed by atoms with Crippen LogP contribution in [0.2, 0.25) is 0 Å². The van der Waals surface area contributed by atoms with Crippen molar-refractivity contribution in [2.45, 2.75) is 58.7 Å². The summed E-state index contributed by atoms with van der Waals surface area (Å²) in [5, 5.41) is 3.73. The highest BCUT2D eigenvalue weighted by Gasteiger charge is 2.17. The Bertz CT molecular complexity index is 369. The van der Waals surface area contributed by atoms with Gasteiger partial charge in [-0.15, -0.1) is 0 Å². The van der Waals surface area contributed by atoms with E-state index < -0.39 is 0 Å². The van der Waals surface area contributed by atoms with Gasteiger partial charge in [0.25, 0.3) is 0 Å². The molecule has 106 valence electrons. The van der Waals surface area contributed by atoms with Gasteiger partial charge in [-0.05, 0) is 58.7 Å². The molecule has 1 aromatic carbocycles. The maximum atomic E-state index is 3.73. The number of nitrogens with one attached hydrogen (secondary N) is 1. The van der Waals surface area contributed by atoms with E-state index in [4.69, 9.17) is 0 Å². The smallest absolute Gasteiger partial charge is 0.0208 e. The van der Waals surface area contributed by atoms with Crippen molar-refractivity contribution in [2.75, 3.05) is 13.1 Å². The van der Waals surface area contributed by atoms with Gasteiger partial charge >= 0.3 is 0 Å². The fourth-order valence-electron chi connectivity index (χ4n) is 2.81. The average Bonchev–Trinajstić information content (AvgIpc) is 2.63.